The van der Waals surface area contributed by atoms with E-state index in [1.165, 1.54) is 17.5 Å². The Kier molecular flexibility index (Phi) is 5.46. The van der Waals surface area contributed by atoms with Gasteiger partial charge in [0.15, 0.2) is 0 Å². The molecular weight excluding hydrogens is 298 g/mol. The lowest BCUT2D eigenvalue weighted by atomic mass is 9.98. The van der Waals surface area contributed by atoms with E-state index < -0.39 is 0 Å². The van der Waals surface area contributed by atoms with Crippen LogP contribution in [0.4, 0.5) is 5.82 Å². The molecule has 0 bridgehead atoms. The van der Waals surface area contributed by atoms with Gasteiger partial charge < -0.3 is 10.0 Å². The molecule has 3 rings (SSSR count). The lowest BCUT2D eigenvalue weighted by Gasteiger charge is -2.21. The lowest BCUT2D eigenvalue weighted by molar-refractivity contribution is 0.282. The van der Waals surface area contributed by atoms with Gasteiger partial charge in [-0.25, -0.2) is 9.97 Å². The summed E-state index contributed by atoms with van der Waals surface area (Å²) in [6, 6.07) is 8.33. The van der Waals surface area contributed by atoms with Gasteiger partial charge in [0.1, 0.15) is 11.6 Å². The van der Waals surface area contributed by atoms with Crippen molar-refractivity contribution in [1.82, 2.24) is 9.97 Å². The monoisotopic (exact) mass is 325 g/mol. The number of hydrogen-bond donors (Lipinski definition) is 1. The van der Waals surface area contributed by atoms with Crippen LogP contribution in [0.5, 0.6) is 0 Å². The number of benzene rings is 1. The van der Waals surface area contributed by atoms with Crippen molar-refractivity contribution in [2.45, 2.75) is 46.1 Å². The van der Waals surface area contributed by atoms with Crippen molar-refractivity contribution < 1.29 is 5.11 Å². The molecule has 128 valence electrons. The summed E-state index contributed by atoms with van der Waals surface area (Å²) in [6.07, 6.45) is 6.46. The third-order valence-electron chi connectivity index (χ3n) is 4.80. The Morgan fingerprint density at radius 3 is 2.67 bits per heavy atom. The van der Waals surface area contributed by atoms with E-state index in [9.17, 15) is 0 Å². The molecule has 1 fully saturated rings. The SMILES string of the molecule is CCCc1cnc(C)nc1N1CC[C@@H](Cc2ccc(CO)cc2)C1. The molecule has 2 aromatic rings. The molecule has 0 amide bonds. The molecule has 1 aliphatic heterocycles. The Bertz CT molecular complexity index is 669. The Hall–Kier alpha value is -1.94. The number of aliphatic hydroxyl groups is 1. The largest absolute Gasteiger partial charge is 0.392 e. The quantitative estimate of drug-likeness (QED) is 0.885. The van der Waals surface area contributed by atoms with Crippen LogP contribution in [0.3, 0.4) is 0 Å². The summed E-state index contributed by atoms with van der Waals surface area (Å²) >= 11 is 0. The van der Waals surface area contributed by atoms with Crippen molar-refractivity contribution in [1.29, 1.82) is 0 Å². The first-order chi connectivity index (χ1) is 11.7. The first kappa shape index (κ1) is 16.9. The summed E-state index contributed by atoms with van der Waals surface area (Å²) in [5, 5.41) is 9.15. The molecule has 1 aliphatic rings. The van der Waals surface area contributed by atoms with Crippen molar-refractivity contribution in [2.75, 3.05) is 18.0 Å². The molecule has 1 N–H and O–H groups in total. The predicted molar refractivity (Wildman–Crippen MR) is 97.2 cm³/mol. The van der Waals surface area contributed by atoms with Crippen LogP contribution in [0, 0.1) is 12.8 Å². The second-order valence-corrected chi connectivity index (χ2v) is 6.80. The van der Waals surface area contributed by atoms with E-state index in [-0.39, 0.29) is 6.61 Å². The average Bonchev–Trinajstić information content (AvgIpc) is 3.06. The Balaban J connectivity index is 1.67. The zero-order valence-electron chi connectivity index (χ0n) is 14.7. The number of nitrogens with zero attached hydrogens (tertiary/aromatic N) is 3. The fraction of sp³-hybridized carbons (Fsp3) is 0.500. The van der Waals surface area contributed by atoms with Crippen LogP contribution in [0.2, 0.25) is 0 Å². The van der Waals surface area contributed by atoms with Crippen molar-refractivity contribution >= 4 is 5.82 Å². The Morgan fingerprint density at radius 1 is 1.21 bits per heavy atom. The molecule has 1 aromatic heterocycles. The number of aromatic nitrogens is 2. The highest BCUT2D eigenvalue weighted by atomic mass is 16.3. The predicted octanol–water partition coefficient (Wildman–Crippen LogP) is 3.30. The van der Waals surface area contributed by atoms with Crippen molar-refractivity contribution in [2.24, 2.45) is 5.92 Å². The van der Waals surface area contributed by atoms with Gasteiger partial charge in [-0.2, -0.15) is 0 Å². The van der Waals surface area contributed by atoms with E-state index in [4.69, 9.17) is 10.1 Å². The molecule has 2 heterocycles. The summed E-state index contributed by atoms with van der Waals surface area (Å²) < 4.78 is 0. The minimum Gasteiger partial charge on any atom is -0.392 e. The van der Waals surface area contributed by atoms with Gasteiger partial charge in [0.05, 0.1) is 6.61 Å². The van der Waals surface area contributed by atoms with Crippen LogP contribution < -0.4 is 4.90 Å². The molecule has 4 heteroatoms. The molecule has 1 atom stereocenters. The number of aliphatic hydroxyl groups excluding tert-OH is 1. The van der Waals surface area contributed by atoms with Crippen LogP contribution in [0.1, 0.15) is 42.3 Å². The molecule has 1 saturated heterocycles. The molecule has 0 aliphatic carbocycles. The van der Waals surface area contributed by atoms with Gasteiger partial charge in [-0.05, 0) is 43.2 Å². The third kappa shape index (κ3) is 3.93. The van der Waals surface area contributed by atoms with Crippen LogP contribution in [0.15, 0.2) is 30.5 Å². The average molecular weight is 325 g/mol. The zero-order chi connectivity index (χ0) is 16.9. The molecule has 24 heavy (non-hydrogen) atoms. The fourth-order valence-electron chi connectivity index (χ4n) is 3.51. The second-order valence-electron chi connectivity index (χ2n) is 6.80. The van der Waals surface area contributed by atoms with Gasteiger partial charge in [0, 0.05) is 24.8 Å². The first-order valence-electron chi connectivity index (χ1n) is 8.95. The van der Waals surface area contributed by atoms with Crippen molar-refractivity contribution in [3.8, 4) is 0 Å². The summed E-state index contributed by atoms with van der Waals surface area (Å²) in [6.45, 7) is 6.42. The first-order valence-corrected chi connectivity index (χ1v) is 8.95. The van der Waals surface area contributed by atoms with E-state index in [1.54, 1.807) is 0 Å². The highest BCUT2D eigenvalue weighted by Crippen LogP contribution is 2.28. The highest BCUT2D eigenvalue weighted by Gasteiger charge is 2.25. The maximum absolute atomic E-state index is 9.15. The third-order valence-corrected chi connectivity index (χ3v) is 4.80. The molecule has 1 aromatic carbocycles. The van der Waals surface area contributed by atoms with E-state index in [2.05, 4.69) is 28.9 Å². The van der Waals surface area contributed by atoms with E-state index >= 15 is 0 Å². The van der Waals surface area contributed by atoms with Crippen molar-refractivity contribution in [3.63, 3.8) is 0 Å². The van der Waals surface area contributed by atoms with E-state index in [1.807, 2.05) is 25.3 Å². The van der Waals surface area contributed by atoms with Crippen LogP contribution in [0.25, 0.3) is 0 Å². The van der Waals surface area contributed by atoms with Gasteiger partial charge in [0.25, 0.3) is 0 Å². The van der Waals surface area contributed by atoms with E-state index in [0.717, 1.165) is 49.6 Å². The minimum atomic E-state index is 0.116. The molecule has 0 saturated carbocycles. The minimum absolute atomic E-state index is 0.116. The Morgan fingerprint density at radius 2 is 1.96 bits per heavy atom. The second kappa shape index (κ2) is 7.75. The summed E-state index contributed by atoms with van der Waals surface area (Å²) in [5.41, 5.74) is 3.61. The number of aryl methyl sites for hydroxylation is 2. The van der Waals surface area contributed by atoms with Gasteiger partial charge >= 0.3 is 0 Å². The van der Waals surface area contributed by atoms with E-state index in [0.29, 0.717) is 5.92 Å². The maximum Gasteiger partial charge on any atom is 0.135 e. The summed E-state index contributed by atoms with van der Waals surface area (Å²) in [4.78, 5) is 11.5. The number of anilines is 1. The smallest absolute Gasteiger partial charge is 0.135 e. The molecule has 0 radical (unpaired) electrons. The summed E-state index contributed by atoms with van der Waals surface area (Å²) in [7, 11) is 0. The zero-order valence-corrected chi connectivity index (χ0v) is 14.7. The fourth-order valence-corrected chi connectivity index (χ4v) is 3.51. The normalized spacial score (nSPS) is 17.5. The molecular formula is C20H27N3O. The summed E-state index contributed by atoms with van der Waals surface area (Å²) in [5.74, 6) is 2.66. The topological polar surface area (TPSA) is 49.2 Å². The lowest BCUT2D eigenvalue weighted by Crippen LogP contribution is -2.23. The highest BCUT2D eigenvalue weighted by molar-refractivity contribution is 5.47. The van der Waals surface area contributed by atoms with Gasteiger partial charge in [-0.1, -0.05) is 37.6 Å². The Labute approximate surface area is 144 Å². The number of rotatable bonds is 6. The van der Waals surface area contributed by atoms with Gasteiger partial charge in [0.2, 0.25) is 0 Å². The standard InChI is InChI=1S/C20H27N3O/c1-3-4-19-12-21-15(2)22-20(19)23-10-9-18(13-23)11-16-5-7-17(14-24)8-6-16/h5-8,12,18,24H,3-4,9-11,13-14H2,1-2H3/t18-/m0/s1. The van der Waals surface area contributed by atoms with Crippen LogP contribution in [-0.4, -0.2) is 28.2 Å². The molecule has 4 nitrogen and oxygen atoms in total. The molecule has 0 unspecified atom stereocenters. The van der Waals surface area contributed by atoms with Gasteiger partial charge in [-0.3, -0.25) is 0 Å². The van der Waals surface area contributed by atoms with Crippen LogP contribution in [-0.2, 0) is 19.4 Å². The number of hydrogen-bond acceptors (Lipinski definition) is 4. The van der Waals surface area contributed by atoms with Gasteiger partial charge in [-0.15, -0.1) is 0 Å². The maximum atomic E-state index is 9.15. The molecule has 0 spiro atoms. The van der Waals surface area contributed by atoms with Crippen LogP contribution >= 0.6 is 0 Å². The van der Waals surface area contributed by atoms with Crippen molar-refractivity contribution in [3.05, 3.63) is 53.0 Å².